The van der Waals surface area contributed by atoms with Gasteiger partial charge in [-0.05, 0) is 31.0 Å². The first-order valence-corrected chi connectivity index (χ1v) is 10.5. The van der Waals surface area contributed by atoms with Crippen LogP contribution in [0.15, 0.2) is 47.7 Å². The number of quaternary nitrogens is 1. The predicted octanol–water partition coefficient (Wildman–Crippen LogP) is 1.29. The number of hydrogen-bond donors (Lipinski definition) is 2. The van der Waals surface area contributed by atoms with Crippen molar-refractivity contribution in [1.82, 2.24) is 19.7 Å². The number of aromatic nitrogens is 3. The summed E-state index contributed by atoms with van der Waals surface area (Å²) in [6.45, 7) is 1.33. The molecule has 3 N–H and O–H groups in total. The van der Waals surface area contributed by atoms with Crippen LogP contribution in [0.25, 0.3) is 11.0 Å². The maximum Gasteiger partial charge on any atom is 0.260 e. The lowest BCUT2D eigenvalue weighted by molar-refractivity contribution is -0.577. The van der Waals surface area contributed by atoms with Crippen molar-refractivity contribution in [2.24, 2.45) is 12.1 Å². The van der Waals surface area contributed by atoms with E-state index in [9.17, 15) is 4.79 Å². The molecular formula is C22H25N8O+. The molecule has 2 aromatic heterocycles. The van der Waals surface area contributed by atoms with Gasteiger partial charge in [0.2, 0.25) is 0 Å². The van der Waals surface area contributed by atoms with Crippen LogP contribution in [0.4, 0.5) is 11.5 Å². The van der Waals surface area contributed by atoms with Gasteiger partial charge in [0.25, 0.3) is 5.91 Å². The molecule has 2 fully saturated rings. The number of piperazine rings is 1. The molecule has 158 valence electrons. The summed E-state index contributed by atoms with van der Waals surface area (Å²) in [7, 11) is 1.95. The van der Waals surface area contributed by atoms with Crippen molar-refractivity contribution in [3.8, 4) is 0 Å². The maximum absolute atomic E-state index is 13.4. The van der Waals surface area contributed by atoms with Crippen molar-refractivity contribution in [2.45, 2.75) is 24.9 Å². The number of hydrogen-bond acceptors (Lipinski definition) is 6. The van der Waals surface area contributed by atoms with Crippen LogP contribution < -0.4 is 10.3 Å². The highest BCUT2D eigenvalue weighted by Gasteiger charge is 2.43. The fourth-order valence-electron chi connectivity index (χ4n) is 4.80. The number of carbonyl (C=O) groups is 1. The molecule has 0 aliphatic carbocycles. The van der Waals surface area contributed by atoms with Crippen molar-refractivity contribution in [1.29, 1.82) is 5.41 Å². The monoisotopic (exact) mass is 417 g/mol. The summed E-state index contributed by atoms with van der Waals surface area (Å²) >= 11 is 0. The lowest BCUT2D eigenvalue weighted by atomic mass is 10.1. The highest BCUT2D eigenvalue weighted by molar-refractivity contribution is 6.14. The summed E-state index contributed by atoms with van der Waals surface area (Å²) in [4.78, 5) is 22.3. The van der Waals surface area contributed by atoms with Crippen LogP contribution in [-0.4, -0.2) is 63.2 Å². The van der Waals surface area contributed by atoms with Gasteiger partial charge in [0.1, 0.15) is 17.3 Å². The van der Waals surface area contributed by atoms with Gasteiger partial charge in [0.05, 0.1) is 5.52 Å². The minimum atomic E-state index is 0.0254. The lowest BCUT2D eigenvalue weighted by Crippen LogP contribution is -2.72. The van der Waals surface area contributed by atoms with Crippen LogP contribution in [0.3, 0.4) is 0 Å². The van der Waals surface area contributed by atoms with Crippen molar-refractivity contribution < 1.29 is 10.2 Å². The first kappa shape index (κ1) is 19.4. The Kier molecular flexibility index (Phi) is 4.95. The number of aryl methyl sites for hydroxylation is 1. The van der Waals surface area contributed by atoms with Crippen LogP contribution in [0.2, 0.25) is 0 Å². The standard InChI is InChI=1S/C22H24N8O/c1-28-19-7-4-11-24-20(19)21(27-28)30-15-8-9-16(30)14-29(13-15)22(31)17-5-2-3-6-18(17)26-25-12-10-23/h2-7,10-12,15-16,23,26H,8-9,13-14H2,1H3/p+1/b23-10?,25-12-. The molecule has 9 nitrogen and oxygen atoms in total. The molecule has 0 spiro atoms. The zero-order valence-electron chi connectivity index (χ0n) is 17.3. The van der Waals surface area contributed by atoms with Crippen molar-refractivity contribution in [3.63, 3.8) is 0 Å². The Labute approximate surface area is 179 Å². The predicted molar refractivity (Wildman–Crippen MR) is 119 cm³/mol. The van der Waals surface area contributed by atoms with E-state index < -0.39 is 0 Å². The number of benzene rings is 1. The molecular weight excluding hydrogens is 392 g/mol. The van der Waals surface area contributed by atoms with Crippen LogP contribution in [-0.2, 0) is 7.05 Å². The number of nitrogens with zero attached hydrogens (tertiary/aromatic N) is 6. The van der Waals surface area contributed by atoms with E-state index in [0.717, 1.165) is 41.6 Å². The second-order valence-corrected chi connectivity index (χ2v) is 8.00. The summed E-state index contributed by atoms with van der Waals surface area (Å²) in [5.41, 5.74) is 4.98. The summed E-state index contributed by atoms with van der Waals surface area (Å²) in [5, 5.41) is 15.9. The largest absolute Gasteiger partial charge is 0.344 e. The van der Waals surface area contributed by atoms with E-state index in [-0.39, 0.29) is 18.0 Å². The number of anilines is 1. The lowest BCUT2D eigenvalue weighted by Gasteiger charge is -2.41. The molecule has 0 radical (unpaired) electrons. The number of likely N-dealkylation sites (tertiary alicyclic amines) is 1. The molecule has 3 aromatic rings. The van der Waals surface area contributed by atoms with Crippen molar-refractivity contribution in [3.05, 3.63) is 48.2 Å². The van der Waals surface area contributed by atoms with Crippen LogP contribution in [0, 0.1) is 5.41 Å². The molecule has 0 saturated carbocycles. The number of amides is 1. The zero-order chi connectivity index (χ0) is 21.4. The maximum atomic E-state index is 13.4. The first-order valence-electron chi connectivity index (χ1n) is 10.5. The zero-order valence-corrected chi connectivity index (χ0v) is 17.3. The molecule has 2 aliphatic heterocycles. The molecule has 5 rings (SSSR count). The summed E-state index contributed by atoms with van der Waals surface area (Å²) in [5.74, 6) is 0.949. The molecule has 4 heterocycles. The molecule has 2 unspecified atom stereocenters. The minimum Gasteiger partial charge on any atom is -0.344 e. The van der Waals surface area contributed by atoms with Crippen LogP contribution >= 0.6 is 0 Å². The van der Waals surface area contributed by atoms with Crippen molar-refractivity contribution >= 4 is 40.9 Å². The van der Waals surface area contributed by atoms with Gasteiger partial charge in [-0.3, -0.25) is 14.5 Å². The van der Waals surface area contributed by atoms with Gasteiger partial charge in [-0.25, -0.2) is 0 Å². The Morgan fingerprint density at radius 1 is 1.19 bits per heavy atom. The molecule has 1 amide bonds. The smallest absolute Gasteiger partial charge is 0.260 e. The summed E-state index contributed by atoms with van der Waals surface area (Å²) in [6.07, 6.45) is 6.40. The first-order chi connectivity index (χ1) is 15.2. The number of carbonyl (C=O) groups excluding carboxylic acids is 1. The quantitative estimate of drug-likeness (QED) is 0.282. The molecule has 31 heavy (non-hydrogen) atoms. The topological polar surface area (TPSA) is 107 Å². The average molecular weight is 417 g/mol. The third-order valence-electron chi connectivity index (χ3n) is 6.17. The normalized spacial score (nSPS) is 20.7. The molecule has 2 aliphatic rings. The fraction of sp³-hybridized carbons (Fsp3) is 0.318. The Balaban J connectivity index is 1.40. The van der Waals surface area contributed by atoms with E-state index in [1.54, 1.807) is 5.43 Å². The van der Waals surface area contributed by atoms with Gasteiger partial charge in [-0.1, -0.05) is 17.2 Å². The molecule has 9 heteroatoms. The van der Waals surface area contributed by atoms with Crippen LogP contribution in [0.5, 0.6) is 0 Å². The second-order valence-electron chi connectivity index (χ2n) is 8.00. The number of rotatable bonds is 5. The highest BCUT2D eigenvalue weighted by atomic mass is 16.2. The van der Waals surface area contributed by atoms with Gasteiger partial charge in [0.15, 0.2) is 11.5 Å². The van der Waals surface area contributed by atoms with Gasteiger partial charge < -0.3 is 15.2 Å². The van der Waals surface area contributed by atoms with Gasteiger partial charge in [-0.2, -0.15) is 10.5 Å². The molecule has 2 bridgehead atoms. The fourth-order valence-corrected chi connectivity index (χ4v) is 4.80. The second kappa shape index (κ2) is 7.92. The Morgan fingerprint density at radius 2 is 1.97 bits per heavy atom. The minimum absolute atomic E-state index is 0.0254. The SMILES string of the molecule is Cn1nc(N2C3CCC2CN(C(=O)c2ccccc2[NH2+]/N=C\C=N)C3)c2ncccc21. The van der Waals surface area contributed by atoms with E-state index in [1.807, 2.05) is 59.2 Å². The number of fused-ring (bicyclic) bond motifs is 3. The van der Waals surface area contributed by atoms with E-state index in [2.05, 4.69) is 15.0 Å². The van der Waals surface area contributed by atoms with E-state index in [1.165, 1.54) is 6.21 Å². The number of pyridine rings is 1. The average Bonchev–Trinajstić information content (AvgIpc) is 3.26. The van der Waals surface area contributed by atoms with E-state index in [4.69, 9.17) is 10.5 Å². The third-order valence-corrected chi connectivity index (χ3v) is 6.17. The van der Waals surface area contributed by atoms with Gasteiger partial charge in [-0.15, -0.1) is 0 Å². The summed E-state index contributed by atoms with van der Waals surface area (Å²) < 4.78 is 1.88. The highest BCUT2D eigenvalue weighted by Crippen LogP contribution is 2.37. The van der Waals surface area contributed by atoms with E-state index in [0.29, 0.717) is 18.7 Å². The molecule has 1 aromatic carbocycles. The van der Waals surface area contributed by atoms with Crippen LogP contribution in [0.1, 0.15) is 23.2 Å². The Hall–Kier alpha value is -3.59. The Bertz CT molecular complexity index is 1160. The number of nitrogens with one attached hydrogen (secondary N) is 1. The van der Waals surface area contributed by atoms with Gasteiger partial charge >= 0.3 is 0 Å². The third kappa shape index (κ3) is 3.36. The molecule has 2 atom stereocenters. The Morgan fingerprint density at radius 3 is 2.74 bits per heavy atom. The van der Waals surface area contributed by atoms with Gasteiger partial charge in [0, 0.05) is 50.7 Å². The van der Waals surface area contributed by atoms with Crippen molar-refractivity contribution in [2.75, 3.05) is 18.0 Å². The number of nitrogens with two attached hydrogens (primary N) is 1. The summed E-state index contributed by atoms with van der Waals surface area (Å²) in [6, 6.07) is 11.9. The van der Waals surface area contributed by atoms with E-state index >= 15 is 0 Å². The molecule has 2 saturated heterocycles.